The highest BCUT2D eigenvalue weighted by molar-refractivity contribution is 7.89. The van der Waals surface area contributed by atoms with E-state index < -0.39 is 10.0 Å². The van der Waals surface area contributed by atoms with Crippen LogP contribution in [0.4, 0.5) is 5.69 Å². The van der Waals surface area contributed by atoms with E-state index in [1.54, 1.807) is 36.7 Å². The first-order valence-corrected chi connectivity index (χ1v) is 8.39. The second-order valence-corrected chi connectivity index (χ2v) is 6.80. The second kappa shape index (κ2) is 5.83. The summed E-state index contributed by atoms with van der Waals surface area (Å²) in [5.41, 5.74) is 2.98. The van der Waals surface area contributed by atoms with Crippen molar-refractivity contribution in [2.75, 3.05) is 11.9 Å². The molecule has 0 saturated carbocycles. The molecule has 21 heavy (non-hydrogen) atoms. The maximum atomic E-state index is 12.3. The third-order valence-corrected chi connectivity index (χ3v) is 4.94. The van der Waals surface area contributed by atoms with Crippen molar-refractivity contribution in [3.05, 3.63) is 53.9 Å². The largest absolute Gasteiger partial charge is 0.385 e. The summed E-state index contributed by atoms with van der Waals surface area (Å²) in [5.74, 6) is 0. The van der Waals surface area contributed by atoms with Gasteiger partial charge < -0.3 is 5.32 Å². The average Bonchev–Trinajstić information content (AvgIpc) is 2.53. The molecule has 0 aliphatic carbocycles. The van der Waals surface area contributed by atoms with E-state index in [4.69, 9.17) is 0 Å². The Morgan fingerprint density at radius 3 is 2.81 bits per heavy atom. The maximum absolute atomic E-state index is 12.3. The Bertz CT molecular complexity index is 730. The number of rotatable bonds is 4. The Balaban J connectivity index is 1.78. The van der Waals surface area contributed by atoms with E-state index >= 15 is 0 Å². The minimum absolute atomic E-state index is 0.259. The van der Waals surface area contributed by atoms with Crippen LogP contribution in [0.1, 0.15) is 17.5 Å². The van der Waals surface area contributed by atoms with Crippen LogP contribution < -0.4 is 10.0 Å². The number of fused-ring (bicyclic) bond motifs is 1. The highest BCUT2D eigenvalue weighted by Crippen LogP contribution is 2.25. The van der Waals surface area contributed by atoms with Gasteiger partial charge in [-0.2, -0.15) is 0 Å². The predicted octanol–water partition coefficient (Wildman–Crippen LogP) is 1.92. The lowest BCUT2D eigenvalue weighted by atomic mass is 10.0. The zero-order valence-electron chi connectivity index (χ0n) is 11.5. The van der Waals surface area contributed by atoms with Crippen molar-refractivity contribution in [3.63, 3.8) is 0 Å². The van der Waals surface area contributed by atoms with Crippen LogP contribution in [0.3, 0.4) is 0 Å². The number of aromatic nitrogens is 1. The normalized spacial score (nSPS) is 14.3. The molecule has 0 bridgehead atoms. The van der Waals surface area contributed by atoms with Gasteiger partial charge in [0.25, 0.3) is 0 Å². The van der Waals surface area contributed by atoms with Crippen LogP contribution in [-0.2, 0) is 23.0 Å². The van der Waals surface area contributed by atoms with Crippen LogP contribution in [-0.4, -0.2) is 19.9 Å². The van der Waals surface area contributed by atoms with Gasteiger partial charge in [-0.05, 0) is 48.2 Å². The molecular weight excluding hydrogens is 286 g/mol. The van der Waals surface area contributed by atoms with Gasteiger partial charge in [0.15, 0.2) is 0 Å². The van der Waals surface area contributed by atoms with Crippen LogP contribution in [0.2, 0.25) is 0 Å². The molecular formula is C15H17N3O2S. The third-order valence-electron chi connectivity index (χ3n) is 3.55. The van der Waals surface area contributed by atoms with Gasteiger partial charge in [-0.3, -0.25) is 4.98 Å². The number of sulfonamides is 1. The summed E-state index contributed by atoms with van der Waals surface area (Å²) in [4.78, 5) is 4.21. The Morgan fingerprint density at radius 2 is 2.00 bits per heavy atom. The molecule has 1 aromatic heterocycles. The van der Waals surface area contributed by atoms with Crippen LogP contribution in [0, 0.1) is 0 Å². The van der Waals surface area contributed by atoms with Crippen molar-refractivity contribution in [1.29, 1.82) is 0 Å². The van der Waals surface area contributed by atoms with E-state index in [1.807, 2.05) is 6.07 Å². The van der Waals surface area contributed by atoms with Gasteiger partial charge in [-0.15, -0.1) is 0 Å². The molecule has 0 atom stereocenters. The number of pyridine rings is 1. The van der Waals surface area contributed by atoms with Crippen molar-refractivity contribution in [2.45, 2.75) is 24.3 Å². The fraction of sp³-hybridized carbons (Fsp3) is 0.267. The van der Waals surface area contributed by atoms with Gasteiger partial charge in [0.1, 0.15) is 0 Å². The van der Waals surface area contributed by atoms with Crippen molar-refractivity contribution < 1.29 is 8.42 Å². The molecule has 1 aromatic carbocycles. The zero-order valence-corrected chi connectivity index (χ0v) is 12.4. The standard InChI is InChI=1S/C15H17N3O2S/c19-21(20,18-11-12-5-8-16-9-6-12)14-4-3-13-2-1-7-17-15(13)10-14/h3-6,8-10,17-18H,1-2,7,11H2. The molecule has 0 radical (unpaired) electrons. The van der Waals surface area contributed by atoms with Crippen LogP contribution in [0.25, 0.3) is 0 Å². The van der Waals surface area contributed by atoms with Crippen molar-refractivity contribution in [3.8, 4) is 0 Å². The lowest BCUT2D eigenvalue weighted by Crippen LogP contribution is -2.23. The molecule has 0 unspecified atom stereocenters. The highest BCUT2D eigenvalue weighted by Gasteiger charge is 2.17. The van der Waals surface area contributed by atoms with Gasteiger partial charge in [0.2, 0.25) is 10.0 Å². The molecule has 110 valence electrons. The molecule has 2 N–H and O–H groups in total. The first kappa shape index (κ1) is 14.0. The maximum Gasteiger partial charge on any atom is 0.240 e. The summed E-state index contributed by atoms with van der Waals surface area (Å²) in [6.07, 6.45) is 5.37. The molecule has 0 spiro atoms. The summed E-state index contributed by atoms with van der Waals surface area (Å²) < 4.78 is 27.3. The van der Waals surface area contributed by atoms with E-state index in [0.717, 1.165) is 30.6 Å². The molecule has 5 nitrogen and oxygen atoms in total. The number of anilines is 1. The molecule has 1 aliphatic rings. The summed E-state index contributed by atoms with van der Waals surface area (Å²) in [5, 5.41) is 3.25. The van der Waals surface area contributed by atoms with E-state index in [9.17, 15) is 8.42 Å². The van der Waals surface area contributed by atoms with E-state index in [0.29, 0.717) is 4.90 Å². The fourth-order valence-corrected chi connectivity index (χ4v) is 3.41. The molecule has 3 rings (SSSR count). The summed E-state index contributed by atoms with van der Waals surface area (Å²) in [6, 6.07) is 8.85. The van der Waals surface area contributed by atoms with Crippen LogP contribution in [0.5, 0.6) is 0 Å². The topological polar surface area (TPSA) is 71.1 Å². The molecule has 0 fully saturated rings. The molecule has 1 aliphatic heterocycles. The quantitative estimate of drug-likeness (QED) is 0.905. The summed E-state index contributed by atoms with van der Waals surface area (Å²) in [6.45, 7) is 1.15. The van der Waals surface area contributed by atoms with E-state index in [-0.39, 0.29) is 6.54 Å². The minimum Gasteiger partial charge on any atom is -0.385 e. The summed E-state index contributed by atoms with van der Waals surface area (Å²) >= 11 is 0. The number of nitrogens with zero attached hydrogens (tertiary/aromatic N) is 1. The SMILES string of the molecule is O=S(=O)(NCc1ccncc1)c1ccc2c(c1)NCCC2. The average molecular weight is 303 g/mol. The van der Waals surface area contributed by atoms with Crippen molar-refractivity contribution >= 4 is 15.7 Å². The minimum atomic E-state index is -3.50. The van der Waals surface area contributed by atoms with Gasteiger partial charge >= 0.3 is 0 Å². The first-order chi connectivity index (χ1) is 10.1. The molecule has 2 heterocycles. The third kappa shape index (κ3) is 3.22. The van der Waals surface area contributed by atoms with Crippen molar-refractivity contribution in [2.24, 2.45) is 0 Å². The van der Waals surface area contributed by atoms with Crippen LogP contribution in [0.15, 0.2) is 47.6 Å². The molecule has 6 heteroatoms. The first-order valence-electron chi connectivity index (χ1n) is 6.90. The Labute approximate surface area is 124 Å². The van der Waals surface area contributed by atoms with Crippen LogP contribution >= 0.6 is 0 Å². The number of benzene rings is 1. The fourth-order valence-electron chi connectivity index (χ4n) is 2.37. The molecule has 0 amide bonds. The number of hydrogen-bond acceptors (Lipinski definition) is 4. The smallest absolute Gasteiger partial charge is 0.240 e. The Morgan fingerprint density at radius 1 is 1.19 bits per heavy atom. The van der Waals surface area contributed by atoms with Gasteiger partial charge in [0.05, 0.1) is 4.90 Å². The van der Waals surface area contributed by atoms with Gasteiger partial charge in [0, 0.05) is 31.2 Å². The lowest BCUT2D eigenvalue weighted by Gasteiger charge is -2.18. The summed E-state index contributed by atoms with van der Waals surface area (Å²) in [7, 11) is -3.50. The highest BCUT2D eigenvalue weighted by atomic mass is 32.2. The number of nitrogens with one attached hydrogen (secondary N) is 2. The number of aryl methyl sites for hydroxylation is 1. The van der Waals surface area contributed by atoms with Gasteiger partial charge in [-0.25, -0.2) is 13.1 Å². The second-order valence-electron chi connectivity index (χ2n) is 5.03. The monoisotopic (exact) mass is 303 g/mol. The Kier molecular flexibility index (Phi) is 3.90. The van der Waals surface area contributed by atoms with Crippen molar-refractivity contribution in [1.82, 2.24) is 9.71 Å². The molecule has 0 saturated heterocycles. The Hall–Kier alpha value is -1.92. The lowest BCUT2D eigenvalue weighted by molar-refractivity contribution is 0.581. The zero-order chi connectivity index (χ0) is 14.7. The van der Waals surface area contributed by atoms with E-state index in [2.05, 4.69) is 15.0 Å². The number of hydrogen-bond donors (Lipinski definition) is 2. The van der Waals surface area contributed by atoms with E-state index in [1.165, 1.54) is 5.56 Å². The predicted molar refractivity (Wildman–Crippen MR) is 81.5 cm³/mol. The molecule has 2 aromatic rings. The van der Waals surface area contributed by atoms with Gasteiger partial charge in [-0.1, -0.05) is 6.07 Å².